The number of halogens is 1. The molecule has 0 bridgehead atoms. The molecular formula is C24H33ClN6O2. The summed E-state index contributed by atoms with van der Waals surface area (Å²) in [4.78, 5) is 30.3. The molecule has 2 heterocycles. The zero-order valence-electron chi connectivity index (χ0n) is 20.0. The minimum absolute atomic E-state index is 0.0225. The molecule has 1 aromatic carbocycles. The van der Waals surface area contributed by atoms with Gasteiger partial charge in [0.05, 0.1) is 6.54 Å². The zero-order chi connectivity index (χ0) is 24.1. The van der Waals surface area contributed by atoms with Crippen LogP contribution in [0.25, 0.3) is 11.2 Å². The Hall–Kier alpha value is -2.58. The van der Waals surface area contributed by atoms with E-state index in [2.05, 4.69) is 26.1 Å². The number of nitrogens with zero attached hydrogens (tertiary/aromatic N) is 4. The van der Waals surface area contributed by atoms with Crippen molar-refractivity contribution in [3.63, 3.8) is 0 Å². The highest BCUT2D eigenvalue weighted by atomic mass is 35.5. The summed E-state index contributed by atoms with van der Waals surface area (Å²) in [7, 11) is 3.11. The summed E-state index contributed by atoms with van der Waals surface area (Å²) in [5.74, 6) is 0.543. The summed E-state index contributed by atoms with van der Waals surface area (Å²) in [5, 5.41) is 4.10. The number of rotatable bonds is 5. The molecule has 0 saturated heterocycles. The number of nitrogens with one attached hydrogen (secondary N) is 1. The fourth-order valence-corrected chi connectivity index (χ4v) is 5.87. The minimum Gasteiger partial charge on any atom is -0.355 e. The van der Waals surface area contributed by atoms with Gasteiger partial charge < -0.3 is 11.1 Å². The minimum atomic E-state index is -0.409. The zero-order valence-corrected chi connectivity index (χ0v) is 20.7. The molecule has 0 aliphatic heterocycles. The van der Waals surface area contributed by atoms with Gasteiger partial charge in [-0.25, -0.2) is 4.79 Å². The first-order chi connectivity index (χ1) is 15.4. The van der Waals surface area contributed by atoms with E-state index >= 15 is 0 Å². The number of hydrogen-bond donors (Lipinski definition) is 2. The first-order valence-electron chi connectivity index (χ1n) is 11.3. The highest BCUT2D eigenvalue weighted by molar-refractivity contribution is 6.31. The largest absolute Gasteiger partial charge is 0.355 e. The normalized spacial score (nSPS) is 22.6. The Bertz CT molecular complexity index is 1320. The average Bonchev–Trinajstić information content (AvgIpc) is 3.07. The van der Waals surface area contributed by atoms with Crippen LogP contribution in [0.2, 0.25) is 5.02 Å². The first kappa shape index (κ1) is 23.6. The second-order valence-corrected chi connectivity index (χ2v) is 11.1. The number of aromatic nitrogens is 4. The van der Waals surface area contributed by atoms with Crippen LogP contribution >= 0.6 is 11.6 Å². The van der Waals surface area contributed by atoms with Crippen molar-refractivity contribution in [2.45, 2.75) is 52.6 Å². The van der Waals surface area contributed by atoms with Gasteiger partial charge in [-0.2, -0.15) is 4.98 Å². The quantitative estimate of drug-likeness (QED) is 0.594. The van der Waals surface area contributed by atoms with Gasteiger partial charge in [-0.3, -0.25) is 18.5 Å². The third-order valence-electron chi connectivity index (χ3n) is 6.78. The summed E-state index contributed by atoms with van der Waals surface area (Å²) in [6, 6.07) is 7.68. The molecule has 1 aliphatic rings. The van der Waals surface area contributed by atoms with E-state index in [1.165, 1.54) is 11.6 Å². The highest BCUT2D eigenvalue weighted by Crippen LogP contribution is 2.45. The fraction of sp³-hybridized carbons (Fsp3) is 0.542. The maximum atomic E-state index is 13.1. The molecule has 0 spiro atoms. The molecule has 4 rings (SSSR count). The van der Waals surface area contributed by atoms with Crippen molar-refractivity contribution in [2.75, 3.05) is 11.9 Å². The van der Waals surface area contributed by atoms with E-state index in [-0.39, 0.29) is 22.4 Å². The van der Waals surface area contributed by atoms with Crippen molar-refractivity contribution in [3.05, 3.63) is 55.7 Å². The standard InChI is InChI=1S/C24H33ClN6O2/c1-23(2)10-16(26)11-24(3,13-23)14-27-21-28-19-18(20(32)30(5)22(33)29(19)4)31(21)12-15-8-6-7-9-17(15)25/h6-9,16H,10-14,26H2,1-5H3,(H,27,28). The van der Waals surface area contributed by atoms with Crippen LogP contribution in [-0.4, -0.2) is 31.3 Å². The number of imidazole rings is 1. The first-order valence-corrected chi connectivity index (χ1v) is 11.7. The third kappa shape index (κ3) is 4.46. The van der Waals surface area contributed by atoms with Gasteiger partial charge in [0.25, 0.3) is 5.56 Å². The van der Waals surface area contributed by atoms with E-state index < -0.39 is 5.69 Å². The van der Waals surface area contributed by atoms with E-state index in [9.17, 15) is 9.59 Å². The molecule has 2 aromatic heterocycles. The van der Waals surface area contributed by atoms with Crippen LogP contribution in [0.3, 0.4) is 0 Å². The number of anilines is 1. The van der Waals surface area contributed by atoms with E-state index in [0.717, 1.165) is 29.4 Å². The molecule has 9 heteroatoms. The molecule has 1 aliphatic carbocycles. The second-order valence-electron chi connectivity index (χ2n) is 10.7. The van der Waals surface area contributed by atoms with Gasteiger partial charge in [-0.1, -0.05) is 50.6 Å². The van der Waals surface area contributed by atoms with Gasteiger partial charge >= 0.3 is 5.69 Å². The lowest BCUT2D eigenvalue weighted by Gasteiger charge is -2.45. The Balaban J connectivity index is 1.80. The molecule has 2 unspecified atom stereocenters. The number of nitrogens with two attached hydrogens (primary N) is 1. The molecule has 2 atom stereocenters. The molecular weight excluding hydrogens is 440 g/mol. The Morgan fingerprint density at radius 2 is 1.85 bits per heavy atom. The second kappa shape index (κ2) is 8.33. The van der Waals surface area contributed by atoms with Crippen molar-refractivity contribution in [2.24, 2.45) is 30.7 Å². The Labute approximate surface area is 198 Å². The molecule has 178 valence electrons. The van der Waals surface area contributed by atoms with E-state index in [1.807, 2.05) is 28.8 Å². The van der Waals surface area contributed by atoms with Gasteiger partial charge in [0.1, 0.15) is 0 Å². The molecule has 1 saturated carbocycles. The molecule has 3 N–H and O–H groups in total. The summed E-state index contributed by atoms with van der Waals surface area (Å²) < 4.78 is 4.35. The Morgan fingerprint density at radius 3 is 2.52 bits per heavy atom. The lowest BCUT2D eigenvalue weighted by atomic mass is 9.63. The van der Waals surface area contributed by atoms with Crippen molar-refractivity contribution in [1.82, 2.24) is 18.7 Å². The molecule has 0 amide bonds. The summed E-state index contributed by atoms with van der Waals surface area (Å²) in [6.45, 7) is 7.78. The maximum Gasteiger partial charge on any atom is 0.332 e. The summed E-state index contributed by atoms with van der Waals surface area (Å²) in [6.07, 6.45) is 2.95. The van der Waals surface area contributed by atoms with Gasteiger partial charge in [0.15, 0.2) is 11.2 Å². The van der Waals surface area contributed by atoms with Crippen LogP contribution in [0.15, 0.2) is 33.9 Å². The predicted molar refractivity (Wildman–Crippen MR) is 133 cm³/mol. The number of fused-ring (bicyclic) bond motifs is 1. The molecule has 3 aromatic rings. The molecule has 1 fully saturated rings. The van der Waals surface area contributed by atoms with Crippen LogP contribution in [-0.2, 0) is 20.6 Å². The topological polar surface area (TPSA) is 99.9 Å². The number of aryl methyl sites for hydroxylation is 1. The lowest BCUT2D eigenvalue weighted by molar-refractivity contribution is 0.0936. The molecule has 33 heavy (non-hydrogen) atoms. The SMILES string of the molecule is Cn1c(=O)c2c(nc(NCC3(C)CC(N)CC(C)(C)C3)n2Cc2ccccc2Cl)n(C)c1=O. The van der Waals surface area contributed by atoms with Gasteiger partial charge in [-0.15, -0.1) is 0 Å². The van der Waals surface area contributed by atoms with Crippen molar-refractivity contribution >= 4 is 28.7 Å². The van der Waals surface area contributed by atoms with Crippen LogP contribution in [0, 0.1) is 10.8 Å². The van der Waals surface area contributed by atoms with Crippen LogP contribution < -0.4 is 22.3 Å². The van der Waals surface area contributed by atoms with Crippen LogP contribution in [0.5, 0.6) is 0 Å². The Morgan fingerprint density at radius 1 is 1.15 bits per heavy atom. The van der Waals surface area contributed by atoms with Crippen LogP contribution in [0.1, 0.15) is 45.6 Å². The fourth-order valence-electron chi connectivity index (χ4n) is 5.67. The average molecular weight is 473 g/mol. The van der Waals surface area contributed by atoms with Crippen molar-refractivity contribution in [3.8, 4) is 0 Å². The smallest absolute Gasteiger partial charge is 0.332 e. The summed E-state index contributed by atoms with van der Waals surface area (Å²) in [5.41, 5.74) is 7.32. The molecule has 0 radical (unpaired) electrons. The van der Waals surface area contributed by atoms with Crippen LogP contribution in [0.4, 0.5) is 5.95 Å². The monoisotopic (exact) mass is 472 g/mol. The number of hydrogen-bond acceptors (Lipinski definition) is 5. The maximum absolute atomic E-state index is 13.1. The van der Waals surface area contributed by atoms with Gasteiger partial charge in [0.2, 0.25) is 5.95 Å². The van der Waals surface area contributed by atoms with E-state index in [1.54, 1.807) is 7.05 Å². The highest BCUT2D eigenvalue weighted by Gasteiger charge is 2.40. The van der Waals surface area contributed by atoms with Crippen molar-refractivity contribution < 1.29 is 0 Å². The lowest BCUT2D eigenvalue weighted by Crippen LogP contribution is -2.45. The van der Waals surface area contributed by atoms with Gasteiger partial charge in [-0.05, 0) is 41.7 Å². The summed E-state index contributed by atoms with van der Waals surface area (Å²) >= 11 is 6.43. The predicted octanol–water partition coefficient (Wildman–Crippen LogP) is 3.09. The third-order valence-corrected chi connectivity index (χ3v) is 7.15. The van der Waals surface area contributed by atoms with E-state index in [4.69, 9.17) is 22.3 Å². The van der Waals surface area contributed by atoms with Crippen molar-refractivity contribution in [1.29, 1.82) is 0 Å². The molecule has 8 nitrogen and oxygen atoms in total. The number of benzene rings is 1. The van der Waals surface area contributed by atoms with Gasteiger partial charge in [0, 0.05) is 31.7 Å². The Kier molecular flexibility index (Phi) is 5.95. The van der Waals surface area contributed by atoms with E-state index in [0.29, 0.717) is 35.2 Å².